The Bertz CT molecular complexity index is 586. The minimum absolute atomic E-state index is 0.309. The lowest BCUT2D eigenvalue weighted by Gasteiger charge is -2.04. The second-order valence-corrected chi connectivity index (χ2v) is 5.17. The van der Waals surface area contributed by atoms with Crippen molar-refractivity contribution >= 4 is 37.5 Å². The minimum atomic E-state index is -4.37. The predicted molar refractivity (Wildman–Crippen MR) is 59.8 cm³/mol. The second-order valence-electron chi connectivity index (χ2n) is 3.19. The van der Waals surface area contributed by atoms with Gasteiger partial charge in [0.15, 0.2) is 0 Å². The summed E-state index contributed by atoms with van der Waals surface area (Å²) in [6.45, 7) is -1.23. The van der Waals surface area contributed by atoms with Crippen LogP contribution in [0.25, 0.3) is 10.1 Å². The van der Waals surface area contributed by atoms with E-state index >= 15 is 0 Å². The third-order valence-corrected chi connectivity index (χ3v) is 3.49. The van der Waals surface area contributed by atoms with Crippen LogP contribution in [0.3, 0.4) is 0 Å². The largest absolute Gasteiger partial charge is 0.407 e. The fourth-order valence-corrected chi connectivity index (χ4v) is 2.67. The van der Waals surface area contributed by atoms with Gasteiger partial charge < -0.3 is 0 Å². The molecule has 0 aliphatic carbocycles. The number of benzene rings is 1. The highest BCUT2D eigenvalue weighted by atomic mass is 79.9. The Morgan fingerprint density at radius 1 is 1.38 bits per heavy atom. The van der Waals surface area contributed by atoms with Gasteiger partial charge >= 0.3 is 6.18 Å². The van der Waals surface area contributed by atoms with Gasteiger partial charge in [-0.25, -0.2) is 0 Å². The number of halogens is 4. The van der Waals surface area contributed by atoms with Crippen LogP contribution in [0, 0.1) is 0 Å². The smallest absolute Gasteiger partial charge is 0.268 e. The Labute approximate surface area is 101 Å². The maximum absolute atomic E-state index is 12.2. The molecule has 1 aromatic carbocycles. The average Bonchev–Trinajstić information content (AvgIpc) is 2.42. The summed E-state index contributed by atoms with van der Waals surface area (Å²) >= 11 is 3.99. The molecule has 86 valence electrons. The number of hydrogen-bond donors (Lipinski definition) is 0. The van der Waals surface area contributed by atoms with Gasteiger partial charge in [-0.05, 0) is 18.2 Å². The number of aromatic nitrogens is 1. The number of alkyl halides is 3. The maximum atomic E-state index is 12.2. The van der Waals surface area contributed by atoms with Crippen molar-refractivity contribution in [1.29, 1.82) is 0 Å². The predicted octanol–water partition coefficient (Wildman–Crippen LogP) is 3.39. The van der Waals surface area contributed by atoms with Gasteiger partial charge in [-0.15, -0.1) is 0 Å². The molecule has 0 aliphatic rings. The molecule has 0 saturated heterocycles. The maximum Gasteiger partial charge on any atom is 0.407 e. The number of rotatable bonds is 1. The fraction of sp³-hybridized carbons (Fsp3) is 0.222. The van der Waals surface area contributed by atoms with E-state index in [4.69, 9.17) is 0 Å². The molecule has 0 aliphatic heterocycles. The molecule has 0 saturated carbocycles. The van der Waals surface area contributed by atoms with Gasteiger partial charge in [0.1, 0.15) is 6.54 Å². The summed E-state index contributed by atoms with van der Waals surface area (Å²) in [6, 6.07) is 4.84. The van der Waals surface area contributed by atoms with Gasteiger partial charge in [0, 0.05) is 4.47 Å². The highest BCUT2D eigenvalue weighted by Crippen LogP contribution is 2.24. The standard InChI is InChI=1S/C9H5BrF3NOS/c10-5-1-2-7-6(3-5)8(15)14(16-7)4-9(11,12)13/h1-3H,4H2. The van der Waals surface area contributed by atoms with Crippen LogP contribution in [0.5, 0.6) is 0 Å². The first-order chi connectivity index (χ1) is 7.37. The summed E-state index contributed by atoms with van der Waals surface area (Å²) in [5.74, 6) is 0. The van der Waals surface area contributed by atoms with Gasteiger partial charge in [-0.3, -0.25) is 8.75 Å². The minimum Gasteiger partial charge on any atom is -0.268 e. The van der Waals surface area contributed by atoms with Crippen molar-refractivity contribution in [1.82, 2.24) is 3.96 Å². The fourth-order valence-electron chi connectivity index (χ4n) is 1.31. The molecule has 0 unspecified atom stereocenters. The summed E-state index contributed by atoms with van der Waals surface area (Å²) in [4.78, 5) is 11.6. The molecule has 2 nitrogen and oxygen atoms in total. The second kappa shape index (κ2) is 3.89. The first-order valence-electron chi connectivity index (χ1n) is 4.23. The molecule has 0 spiro atoms. The molecular weight excluding hydrogens is 307 g/mol. The Kier molecular flexibility index (Phi) is 2.83. The highest BCUT2D eigenvalue weighted by Gasteiger charge is 2.29. The van der Waals surface area contributed by atoms with Gasteiger partial charge in [0.05, 0.1) is 10.1 Å². The van der Waals surface area contributed by atoms with Crippen LogP contribution in [-0.4, -0.2) is 10.1 Å². The Hall–Kier alpha value is -0.820. The molecule has 1 aromatic heterocycles. The van der Waals surface area contributed by atoms with Crippen molar-refractivity contribution in [2.24, 2.45) is 0 Å². The lowest BCUT2D eigenvalue weighted by molar-refractivity contribution is -0.139. The molecule has 2 aromatic rings. The van der Waals surface area contributed by atoms with Crippen molar-refractivity contribution in [3.8, 4) is 0 Å². The first kappa shape index (κ1) is 11.7. The Morgan fingerprint density at radius 2 is 2.06 bits per heavy atom. The van der Waals surface area contributed by atoms with E-state index in [2.05, 4.69) is 15.9 Å². The average molecular weight is 312 g/mol. The summed E-state index contributed by atoms with van der Waals surface area (Å²) in [6.07, 6.45) is -4.37. The summed E-state index contributed by atoms with van der Waals surface area (Å²) in [5, 5.41) is 0.309. The molecule has 0 bridgehead atoms. The van der Waals surface area contributed by atoms with E-state index in [1.54, 1.807) is 12.1 Å². The molecule has 0 fully saturated rings. The number of hydrogen-bond acceptors (Lipinski definition) is 2. The molecule has 7 heteroatoms. The zero-order valence-corrected chi connectivity index (χ0v) is 10.1. The topological polar surface area (TPSA) is 22.0 Å². The van der Waals surface area contributed by atoms with E-state index < -0.39 is 18.3 Å². The van der Waals surface area contributed by atoms with Crippen LogP contribution in [0.1, 0.15) is 0 Å². The van der Waals surface area contributed by atoms with Crippen LogP contribution < -0.4 is 5.56 Å². The van der Waals surface area contributed by atoms with Crippen molar-refractivity contribution in [3.05, 3.63) is 33.0 Å². The van der Waals surface area contributed by atoms with Crippen LogP contribution >= 0.6 is 27.5 Å². The molecule has 0 N–H and O–H groups in total. The van der Waals surface area contributed by atoms with Crippen LogP contribution in [0.15, 0.2) is 27.5 Å². The lowest BCUT2D eigenvalue weighted by atomic mass is 10.3. The van der Waals surface area contributed by atoms with Crippen molar-refractivity contribution in [2.75, 3.05) is 0 Å². The molecule has 0 atom stereocenters. The number of fused-ring (bicyclic) bond motifs is 1. The van der Waals surface area contributed by atoms with E-state index in [1.807, 2.05) is 0 Å². The molecule has 16 heavy (non-hydrogen) atoms. The normalized spacial score (nSPS) is 12.2. The molecule has 0 radical (unpaired) electrons. The van der Waals surface area contributed by atoms with E-state index in [0.29, 0.717) is 14.6 Å². The third kappa shape index (κ3) is 2.30. The summed E-state index contributed by atoms with van der Waals surface area (Å²) in [5.41, 5.74) is -0.598. The van der Waals surface area contributed by atoms with E-state index in [-0.39, 0.29) is 0 Å². The van der Waals surface area contributed by atoms with Gasteiger partial charge in [0.2, 0.25) is 0 Å². The first-order valence-corrected chi connectivity index (χ1v) is 5.79. The quantitative estimate of drug-likeness (QED) is 0.791. The van der Waals surface area contributed by atoms with Crippen LogP contribution in [0.2, 0.25) is 0 Å². The van der Waals surface area contributed by atoms with Crippen molar-refractivity contribution in [3.63, 3.8) is 0 Å². The van der Waals surface area contributed by atoms with Gasteiger partial charge in [-0.2, -0.15) is 13.2 Å². The zero-order valence-electron chi connectivity index (χ0n) is 7.71. The molecule has 2 rings (SSSR count). The SMILES string of the molecule is O=c1c2cc(Br)ccc2sn1CC(F)(F)F. The van der Waals surface area contributed by atoms with Crippen molar-refractivity contribution in [2.45, 2.75) is 12.7 Å². The summed E-state index contributed by atoms with van der Waals surface area (Å²) in [7, 11) is 0. The van der Waals surface area contributed by atoms with E-state index in [1.165, 1.54) is 6.07 Å². The van der Waals surface area contributed by atoms with Gasteiger partial charge in [0.25, 0.3) is 5.56 Å². The van der Waals surface area contributed by atoms with E-state index in [9.17, 15) is 18.0 Å². The molecule has 0 amide bonds. The summed E-state index contributed by atoms with van der Waals surface area (Å²) < 4.78 is 38.4. The molecular formula is C9H5BrF3NOS. The zero-order chi connectivity index (χ0) is 11.9. The Morgan fingerprint density at radius 3 is 2.69 bits per heavy atom. The monoisotopic (exact) mass is 311 g/mol. The van der Waals surface area contributed by atoms with E-state index in [0.717, 1.165) is 15.5 Å². The van der Waals surface area contributed by atoms with Crippen molar-refractivity contribution < 1.29 is 13.2 Å². The van der Waals surface area contributed by atoms with Gasteiger partial charge in [-0.1, -0.05) is 27.5 Å². The third-order valence-electron chi connectivity index (χ3n) is 1.93. The molecule has 1 heterocycles. The number of nitrogens with zero attached hydrogens (tertiary/aromatic N) is 1. The highest BCUT2D eigenvalue weighted by molar-refractivity contribution is 9.10. The van der Waals surface area contributed by atoms with Crippen LogP contribution in [0.4, 0.5) is 13.2 Å². The lowest BCUT2D eigenvalue weighted by Crippen LogP contribution is -2.23. The van der Waals surface area contributed by atoms with Crippen LogP contribution in [-0.2, 0) is 6.54 Å². The Balaban J connectivity index is 2.57.